The van der Waals surface area contributed by atoms with Crippen molar-refractivity contribution >= 4 is 0 Å². The monoisotopic (exact) mass is 201 g/mol. The number of rotatable bonds is 5. The Hall–Kier alpha value is -0.120. The van der Waals surface area contributed by atoms with Gasteiger partial charge in [-0.1, -0.05) is 13.8 Å². The highest BCUT2D eigenvalue weighted by Gasteiger charge is 2.21. The SMILES string of the molecule is CC(C)CCCN1CCOCC1CO. The molecule has 0 amide bonds. The Morgan fingerprint density at radius 1 is 1.50 bits per heavy atom. The van der Waals surface area contributed by atoms with Crippen molar-refractivity contribution in [3.05, 3.63) is 0 Å². The molecule has 84 valence electrons. The van der Waals surface area contributed by atoms with E-state index >= 15 is 0 Å². The largest absolute Gasteiger partial charge is 0.395 e. The van der Waals surface area contributed by atoms with Crippen LogP contribution in [-0.4, -0.2) is 49.0 Å². The van der Waals surface area contributed by atoms with Crippen molar-refractivity contribution in [1.82, 2.24) is 4.90 Å². The summed E-state index contributed by atoms with van der Waals surface area (Å²) in [6, 6.07) is 0.232. The molecular weight excluding hydrogens is 178 g/mol. The first-order valence-corrected chi connectivity index (χ1v) is 5.66. The maximum atomic E-state index is 9.15. The van der Waals surface area contributed by atoms with E-state index in [1.165, 1.54) is 12.8 Å². The molecule has 3 heteroatoms. The molecule has 1 heterocycles. The zero-order chi connectivity index (χ0) is 10.4. The van der Waals surface area contributed by atoms with Crippen molar-refractivity contribution < 1.29 is 9.84 Å². The summed E-state index contributed by atoms with van der Waals surface area (Å²) in [4.78, 5) is 2.35. The number of hydrogen-bond donors (Lipinski definition) is 1. The standard InChI is InChI=1S/C11H23NO2/c1-10(2)4-3-5-12-6-7-14-9-11(12)8-13/h10-11,13H,3-9H2,1-2H3. The van der Waals surface area contributed by atoms with Gasteiger partial charge in [0.1, 0.15) is 0 Å². The van der Waals surface area contributed by atoms with Crippen LogP contribution in [0.3, 0.4) is 0 Å². The highest BCUT2D eigenvalue weighted by molar-refractivity contribution is 4.74. The minimum Gasteiger partial charge on any atom is -0.395 e. The number of hydrogen-bond acceptors (Lipinski definition) is 3. The Morgan fingerprint density at radius 3 is 2.93 bits per heavy atom. The maximum absolute atomic E-state index is 9.15. The average molecular weight is 201 g/mol. The fraction of sp³-hybridized carbons (Fsp3) is 1.00. The van der Waals surface area contributed by atoms with Gasteiger partial charge in [-0.15, -0.1) is 0 Å². The van der Waals surface area contributed by atoms with Gasteiger partial charge in [0, 0.05) is 6.54 Å². The van der Waals surface area contributed by atoms with Crippen molar-refractivity contribution in [1.29, 1.82) is 0 Å². The summed E-state index contributed by atoms with van der Waals surface area (Å²) in [5.41, 5.74) is 0. The van der Waals surface area contributed by atoms with Gasteiger partial charge in [0.05, 0.1) is 25.9 Å². The lowest BCUT2D eigenvalue weighted by atomic mass is 10.1. The van der Waals surface area contributed by atoms with Gasteiger partial charge < -0.3 is 9.84 Å². The van der Waals surface area contributed by atoms with E-state index in [1.54, 1.807) is 0 Å². The van der Waals surface area contributed by atoms with Crippen LogP contribution in [0.5, 0.6) is 0 Å². The summed E-state index contributed by atoms with van der Waals surface area (Å²) in [5, 5.41) is 9.15. The van der Waals surface area contributed by atoms with Gasteiger partial charge in [0.15, 0.2) is 0 Å². The first-order chi connectivity index (χ1) is 6.74. The molecule has 14 heavy (non-hydrogen) atoms. The molecule has 0 saturated carbocycles. The highest BCUT2D eigenvalue weighted by atomic mass is 16.5. The van der Waals surface area contributed by atoms with Crippen molar-refractivity contribution in [2.45, 2.75) is 32.7 Å². The third kappa shape index (κ3) is 3.95. The number of morpholine rings is 1. The summed E-state index contributed by atoms with van der Waals surface area (Å²) < 4.78 is 5.33. The summed E-state index contributed by atoms with van der Waals surface area (Å²) in [7, 11) is 0. The number of ether oxygens (including phenoxy) is 1. The second-order valence-corrected chi connectivity index (χ2v) is 4.48. The Labute approximate surface area is 87.1 Å². The van der Waals surface area contributed by atoms with Gasteiger partial charge in [-0.3, -0.25) is 4.90 Å². The first-order valence-electron chi connectivity index (χ1n) is 5.66. The van der Waals surface area contributed by atoms with E-state index in [2.05, 4.69) is 18.7 Å². The van der Waals surface area contributed by atoms with Crippen molar-refractivity contribution in [3.63, 3.8) is 0 Å². The topological polar surface area (TPSA) is 32.7 Å². The molecule has 1 aliphatic rings. The minimum atomic E-state index is 0.224. The molecule has 0 radical (unpaired) electrons. The van der Waals surface area contributed by atoms with Crippen LogP contribution in [0, 0.1) is 5.92 Å². The van der Waals surface area contributed by atoms with E-state index in [0.29, 0.717) is 6.61 Å². The summed E-state index contributed by atoms with van der Waals surface area (Å²) in [5.74, 6) is 0.781. The van der Waals surface area contributed by atoms with Crippen LogP contribution < -0.4 is 0 Å². The Balaban J connectivity index is 2.19. The zero-order valence-corrected chi connectivity index (χ0v) is 9.41. The normalized spacial score (nSPS) is 24.4. The molecule has 1 aliphatic heterocycles. The van der Waals surface area contributed by atoms with E-state index in [-0.39, 0.29) is 12.6 Å². The van der Waals surface area contributed by atoms with Crippen LogP contribution in [0.25, 0.3) is 0 Å². The number of aliphatic hydroxyl groups is 1. The molecule has 0 aromatic carbocycles. The van der Waals surface area contributed by atoms with E-state index in [0.717, 1.165) is 25.6 Å². The fourth-order valence-electron chi connectivity index (χ4n) is 1.85. The van der Waals surface area contributed by atoms with E-state index in [9.17, 15) is 0 Å². The predicted octanol–water partition coefficient (Wildman–Crippen LogP) is 1.12. The molecule has 1 rings (SSSR count). The molecule has 0 bridgehead atoms. The predicted molar refractivity (Wildman–Crippen MR) is 57.3 cm³/mol. The number of aliphatic hydroxyl groups excluding tert-OH is 1. The summed E-state index contributed by atoms with van der Waals surface area (Å²) in [6.07, 6.45) is 2.50. The smallest absolute Gasteiger partial charge is 0.0644 e. The van der Waals surface area contributed by atoms with Gasteiger partial charge in [0.2, 0.25) is 0 Å². The molecule has 3 nitrogen and oxygen atoms in total. The lowest BCUT2D eigenvalue weighted by molar-refractivity contribution is -0.0280. The first kappa shape index (κ1) is 12.0. The molecule has 1 N–H and O–H groups in total. The molecule has 1 atom stereocenters. The van der Waals surface area contributed by atoms with Gasteiger partial charge >= 0.3 is 0 Å². The fourth-order valence-corrected chi connectivity index (χ4v) is 1.85. The van der Waals surface area contributed by atoms with Crippen LogP contribution in [0.4, 0.5) is 0 Å². The minimum absolute atomic E-state index is 0.224. The number of nitrogens with zero attached hydrogens (tertiary/aromatic N) is 1. The molecule has 0 aromatic heterocycles. The third-order valence-electron chi connectivity index (χ3n) is 2.79. The lowest BCUT2D eigenvalue weighted by Crippen LogP contribution is -2.47. The highest BCUT2D eigenvalue weighted by Crippen LogP contribution is 2.10. The Morgan fingerprint density at radius 2 is 2.29 bits per heavy atom. The summed E-state index contributed by atoms with van der Waals surface area (Å²) in [6.45, 7) is 8.32. The molecule has 0 aliphatic carbocycles. The second-order valence-electron chi connectivity index (χ2n) is 4.48. The Kier molecular flexibility index (Phi) is 5.45. The van der Waals surface area contributed by atoms with Crippen molar-refractivity contribution in [3.8, 4) is 0 Å². The average Bonchev–Trinajstić information content (AvgIpc) is 2.18. The lowest BCUT2D eigenvalue weighted by Gasteiger charge is -2.34. The van der Waals surface area contributed by atoms with Crippen LogP contribution in [0.1, 0.15) is 26.7 Å². The van der Waals surface area contributed by atoms with Crippen LogP contribution in [-0.2, 0) is 4.74 Å². The molecular formula is C11H23NO2. The molecule has 1 unspecified atom stereocenters. The molecule has 1 saturated heterocycles. The van der Waals surface area contributed by atoms with Gasteiger partial charge in [-0.25, -0.2) is 0 Å². The van der Waals surface area contributed by atoms with Crippen molar-refractivity contribution in [2.24, 2.45) is 5.92 Å². The van der Waals surface area contributed by atoms with Crippen LogP contribution in [0.15, 0.2) is 0 Å². The van der Waals surface area contributed by atoms with E-state index in [4.69, 9.17) is 9.84 Å². The second kappa shape index (κ2) is 6.38. The van der Waals surface area contributed by atoms with Gasteiger partial charge in [0.25, 0.3) is 0 Å². The zero-order valence-electron chi connectivity index (χ0n) is 9.41. The summed E-state index contributed by atoms with van der Waals surface area (Å²) >= 11 is 0. The van der Waals surface area contributed by atoms with E-state index in [1.807, 2.05) is 0 Å². The van der Waals surface area contributed by atoms with Crippen LogP contribution >= 0.6 is 0 Å². The molecule has 0 aromatic rings. The maximum Gasteiger partial charge on any atom is 0.0644 e. The van der Waals surface area contributed by atoms with E-state index < -0.39 is 0 Å². The van der Waals surface area contributed by atoms with Crippen LogP contribution in [0.2, 0.25) is 0 Å². The molecule has 1 fully saturated rings. The van der Waals surface area contributed by atoms with Gasteiger partial charge in [-0.2, -0.15) is 0 Å². The third-order valence-corrected chi connectivity index (χ3v) is 2.79. The van der Waals surface area contributed by atoms with Gasteiger partial charge in [-0.05, 0) is 25.3 Å². The van der Waals surface area contributed by atoms with Crippen molar-refractivity contribution in [2.75, 3.05) is 32.9 Å². The Bertz CT molecular complexity index is 150. The molecule has 0 spiro atoms. The quantitative estimate of drug-likeness (QED) is 0.723.